The van der Waals surface area contributed by atoms with Crippen molar-refractivity contribution in [3.63, 3.8) is 0 Å². The van der Waals surface area contributed by atoms with Gasteiger partial charge in [-0.3, -0.25) is 0 Å². The van der Waals surface area contributed by atoms with E-state index in [4.69, 9.17) is 11.6 Å². The molecule has 0 saturated carbocycles. The van der Waals surface area contributed by atoms with Crippen molar-refractivity contribution >= 4 is 11.6 Å². The third-order valence-electron chi connectivity index (χ3n) is 2.61. The standard InChI is InChI=1S/C12H13ClFN3/c1-2-11-15-16-12(13)17(11)7-6-9-4-3-5-10(14)8-9/h3-5,8H,2,6-7H2,1H3. The van der Waals surface area contributed by atoms with E-state index in [1.807, 2.05) is 17.6 Å². The van der Waals surface area contributed by atoms with Crippen molar-refractivity contribution in [3.8, 4) is 0 Å². The average Bonchev–Trinajstić information content (AvgIpc) is 2.67. The summed E-state index contributed by atoms with van der Waals surface area (Å²) in [6.07, 6.45) is 1.49. The van der Waals surface area contributed by atoms with Gasteiger partial charge in [-0.2, -0.15) is 0 Å². The lowest BCUT2D eigenvalue weighted by molar-refractivity contribution is 0.618. The number of aryl methyl sites for hydroxylation is 2. The highest BCUT2D eigenvalue weighted by Gasteiger charge is 2.08. The van der Waals surface area contributed by atoms with E-state index in [0.717, 1.165) is 17.8 Å². The molecule has 0 aliphatic rings. The zero-order valence-electron chi connectivity index (χ0n) is 9.53. The van der Waals surface area contributed by atoms with Gasteiger partial charge in [0.2, 0.25) is 5.28 Å². The van der Waals surface area contributed by atoms with Crippen molar-refractivity contribution in [1.82, 2.24) is 14.8 Å². The first-order valence-electron chi connectivity index (χ1n) is 5.52. The Balaban J connectivity index is 2.09. The van der Waals surface area contributed by atoms with Crippen LogP contribution in [0.3, 0.4) is 0 Å². The summed E-state index contributed by atoms with van der Waals surface area (Å²) in [5, 5.41) is 8.18. The Labute approximate surface area is 104 Å². The van der Waals surface area contributed by atoms with Crippen LogP contribution in [0.1, 0.15) is 18.3 Å². The third-order valence-corrected chi connectivity index (χ3v) is 2.89. The zero-order valence-corrected chi connectivity index (χ0v) is 10.3. The Morgan fingerprint density at radius 2 is 2.18 bits per heavy atom. The van der Waals surface area contributed by atoms with Crippen LogP contribution in [-0.4, -0.2) is 14.8 Å². The molecule has 3 nitrogen and oxygen atoms in total. The quantitative estimate of drug-likeness (QED) is 0.839. The van der Waals surface area contributed by atoms with E-state index in [1.165, 1.54) is 12.1 Å². The number of rotatable bonds is 4. The van der Waals surface area contributed by atoms with Gasteiger partial charge in [0.1, 0.15) is 11.6 Å². The van der Waals surface area contributed by atoms with Gasteiger partial charge in [-0.05, 0) is 35.7 Å². The van der Waals surface area contributed by atoms with Gasteiger partial charge in [-0.15, -0.1) is 10.2 Å². The second-order valence-corrected chi connectivity index (χ2v) is 4.11. The molecule has 1 aromatic carbocycles. The minimum Gasteiger partial charge on any atom is -0.301 e. The van der Waals surface area contributed by atoms with Crippen LogP contribution in [0, 0.1) is 5.82 Å². The molecule has 2 aromatic rings. The lowest BCUT2D eigenvalue weighted by Gasteiger charge is -2.06. The van der Waals surface area contributed by atoms with E-state index >= 15 is 0 Å². The number of halogens is 2. The molecular formula is C12H13ClFN3. The van der Waals surface area contributed by atoms with Crippen LogP contribution in [0.2, 0.25) is 5.28 Å². The van der Waals surface area contributed by atoms with E-state index in [0.29, 0.717) is 18.2 Å². The number of benzene rings is 1. The third kappa shape index (κ3) is 2.82. The van der Waals surface area contributed by atoms with Crippen molar-refractivity contribution in [2.75, 3.05) is 0 Å². The molecular weight excluding hydrogens is 241 g/mol. The van der Waals surface area contributed by atoms with Gasteiger partial charge in [0.15, 0.2) is 0 Å². The summed E-state index contributed by atoms with van der Waals surface area (Å²) in [5.74, 6) is 0.638. The van der Waals surface area contributed by atoms with Gasteiger partial charge in [0.25, 0.3) is 0 Å². The van der Waals surface area contributed by atoms with Crippen molar-refractivity contribution in [2.45, 2.75) is 26.3 Å². The Morgan fingerprint density at radius 1 is 1.35 bits per heavy atom. The maximum absolute atomic E-state index is 13.0. The Bertz CT molecular complexity index is 510. The number of aromatic nitrogens is 3. The molecule has 0 saturated heterocycles. The maximum atomic E-state index is 13.0. The summed E-state index contributed by atoms with van der Waals surface area (Å²) in [6, 6.07) is 6.57. The second-order valence-electron chi connectivity index (χ2n) is 3.77. The van der Waals surface area contributed by atoms with E-state index in [9.17, 15) is 4.39 Å². The smallest absolute Gasteiger partial charge is 0.225 e. The van der Waals surface area contributed by atoms with Gasteiger partial charge in [0, 0.05) is 13.0 Å². The predicted octanol–water partition coefficient (Wildman–Crippen LogP) is 2.88. The molecule has 0 N–H and O–H groups in total. The molecule has 17 heavy (non-hydrogen) atoms. The summed E-state index contributed by atoms with van der Waals surface area (Å²) in [6.45, 7) is 2.66. The largest absolute Gasteiger partial charge is 0.301 e. The average molecular weight is 254 g/mol. The molecule has 0 aliphatic carbocycles. The summed E-state index contributed by atoms with van der Waals surface area (Å²) < 4.78 is 14.9. The highest BCUT2D eigenvalue weighted by molar-refractivity contribution is 6.28. The van der Waals surface area contributed by atoms with Crippen LogP contribution >= 0.6 is 11.6 Å². The molecule has 0 unspecified atom stereocenters. The molecule has 2 rings (SSSR count). The summed E-state index contributed by atoms with van der Waals surface area (Å²) in [4.78, 5) is 0. The molecule has 0 bridgehead atoms. The first kappa shape index (κ1) is 12.0. The van der Waals surface area contributed by atoms with Gasteiger partial charge in [-0.1, -0.05) is 19.1 Å². The Hall–Kier alpha value is -1.42. The fourth-order valence-corrected chi connectivity index (χ4v) is 1.95. The second kappa shape index (κ2) is 5.27. The fourth-order valence-electron chi connectivity index (χ4n) is 1.73. The number of hydrogen-bond donors (Lipinski definition) is 0. The maximum Gasteiger partial charge on any atom is 0.225 e. The van der Waals surface area contributed by atoms with Crippen LogP contribution in [0.15, 0.2) is 24.3 Å². The molecule has 0 aliphatic heterocycles. The van der Waals surface area contributed by atoms with Gasteiger partial charge < -0.3 is 4.57 Å². The van der Waals surface area contributed by atoms with Crippen LogP contribution in [0.4, 0.5) is 4.39 Å². The van der Waals surface area contributed by atoms with E-state index in [2.05, 4.69) is 10.2 Å². The van der Waals surface area contributed by atoms with Gasteiger partial charge in [0.05, 0.1) is 0 Å². The minimum atomic E-state index is -0.215. The van der Waals surface area contributed by atoms with Crippen molar-refractivity contribution in [2.24, 2.45) is 0 Å². The normalized spacial score (nSPS) is 10.8. The highest BCUT2D eigenvalue weighted by atomic mass is 35.5. The minimum absolute atomic E-state index is 0.215. The molecule has 0 fully saturated rings. The van der Waals surface area contributed by atoms with Crippen molar-refractivity contribution in [1.29, 1.82) is 0 Å². The molecule has 0 spiro atoms. The number of nitrogens with zero attached hydrogens (tertiary/aromatic N) is 3. The Morgan fingerprint density at radius 3 is 2.88 bits per heavy atom. The van der Waals surface area contributed by atoms with Crippen molar-refractivity contribution < 1.29 is 4.39 Å². The van der Waals surface area contributed by atoms with E-state index in [-0.39, 0.29) is 5.82 Å². The van der Waals surface area contributed by atoms with E-state index < -0.39 is 0 Å². The Kier molecular flexibility index (Phi) is 3.74. The van der Waals surface area contributed by atoms with Gasteiger partial charge in [-0.25, -0.2) is 4.39 Å². The lowest BCUT2D eigenvalue weighted by Crippen LogP contribution is -2.06. The molecule has 0 amide bonds. The zero-order chi connectivity index (χ0) is 12.3. The van der Waals surface area contributed by atoms with Crippen molar-refractivity contribution in [3.05, 3.63) is 46.8 Å². The monoisotopic (exact) mass is 253 g/mol. The number of hydrogen-bond acceptors (Lipinski definition) is 2. The van der Waals surface area contributed by atoms with Gasteiger partial charge >= 0.3 is 0 Å². The lowest BCUT2D eigenvalue weighted by atomic mass is 10.1. The molecule has 1 heterocycles. The fraction of sp³-hybridized carbons (Fsp3) is 0.333. The first-order chi connectivity index (χ1) is 8.20. The SMILES string of the molecule is CCc1nnc(Cl)n1CCc1cccc(F)c1. The van der Waals surface area contributed by atoms with Crippen LogP contribution in [0.25, 0.3) is 0 Å². The summed E-state index contributed by atoms with van der Waals surface area (Å²) in [7, 11) is 0. The molecule has 5 heteroatoms. The highest BCUT2D eigenvalue weighted by Crippen LogP contribution is 2.11. The molecule has 0 atom stereocenters. The topological polar surface area (TPSA) is 30.7 Å². The predicted molar refractivity (Wildman–Crippen MR) is 64.5 cm³/mol. The van der Waals surface area contributed by atoms with Crippen LogP contribution in [0.5, 0.6) is 0 Å². The first-order valence-corrected chi connectivity index (χ1v) is 5.90. The van der Waals surface area contributed by atoms with Crippen LogP contribution < -0.4 is 0 Å². The summed E-state index contributed by atoms with van der Waals surface area (Å²) >= 11 is 5.94. The molecule has 0 radical (unpaired) electrons. The van der Waals surface area contributed by atoms with E-state index in [1.54, 1.807) is 6.07 Å². The molecule has 1 aromatic heterocycles. The molecule has 90 valence electrons. The van der Waals surface area contributed by atoms with Crippen LogP contribution in [-0.2, 0) is 19.4 Å². The summed E-state index contributed by atoms with van der Waals surface area (Å²) in [5.41, 5.74) is 0.941.